The fourth-order valence-corrected chi connectivity index (χ4v) is 4.30. The first-order valence-electron chi connectivity index (χ1n) is 11.2. The molecule has 0 heterocycles. The molecule has 0 aromatic heterocycles. The van der Waals surface area contributed by atoms with Crippen molar-refractivity contribution in [2.24, 2.45) is 0 Å². The van der Waals surface area contributed by atoms with Gasteiger partial charge in [-0.2, -0.15) is 13.2 Å². The predicted molar refractivity (Wildman–Crippen MR) is 122 cm³/mol. The number of benzene rings is 2. The number of carboxylic acids is 1. The highest BCUT2D eigenvalue weighted by molar-refractivity contribution is 5.91. The van der Waals surface area contributed by atoms with Crippen LogP contribution in [0.15, 0.2) is 48.5 Å². The van der Waals surface area contributed by atoms with Gasteiger partial charge in [-0.1, -0.05) is 61.9 Å². The second kappa shape index (κ2) is 10.4. The molecule has 0 radical (unpaired) electrons. The normalized spacial score (nSPS) is 15.3. The van der Waals surface area contributed by atoms with Gasteiger partial charge in [-0.25, -0.2) is 9.59 Å². The molecule has 1 aliphatic carbocycles. The molecule has 10 heteroatoms. The lowest BCUT2D eigenvalue weighted by Crippen LogP contribution is -2.58. The number of nitrogens with one attached hydrogen (secondary N) is 2. The second-order valence-electron chi connectivity index (χ2n) is 8.72. The van der Waals surface area contributed by atoms with Crippen LogP contribution in [-0.4, -0.2) is 47.4 Å². The Hall–Kier alpha value is -3.56. The summed E-state index contributed by atoms with van der Waals surface area (Å²) in [4.78, 5) is 36.6. The van der Waals surface area contributed by atoms with Crippen molar-refractivity contribution in [3.05, 3.63) is 59.7 Å². The number of aliphatic carboxylic acids is 1. The van der Waals surface area contributed by atoms with Gasteiger partial charge < -0.3 is 20.5 Å². The minimum absolute atomic E-state index is 0.00223. The number of hydrogen-bond donors (Lipinski definition) is 3. The molecule has 2 aromatic rings. The molecule has 0 saturated heterocycles. The van der Waals surface area contributed by atoms with Gasteiger partial charge in [-0.3, -0.25) is 4.79 Å². The molecule has 1 aliphatic rings. The van der Waals surface area contributed by atoms with Crippen molar-refractivity contribution in [1.82, 2.24) is 10.6 Å². The van der Waals surface area contributed by atoms with E-state index in [-0.39, 0.29) is 18.9 Å². The van der Waals surface area contributed by atoms with Crippen molar-refractivity contribution in [3.63, 3.8) is 0 Å². The first kappa shape index (κ1) is 26.1. The van der Waals surface area contributed by atoms with E-state index in [1.807, 2.05) is 53.8 Å². The van der Waals surface area contributed by atoms with Crippen LogP contribution >= 0.6 is 0 Å². The van der Waals surface area contributed by atoms with Crippen LogP contribution in [0.25, 0.3) is 11.1 Å². The topological polar surface area (TPSA) is 105 Å². The van der Waals surface area contributed by atoms with Gasteiger partial charge in [0, 0.05) is 5.92 Å². The highest BCUT2D eigenvalue weighted by Gasteiger charge is 2.41. The Morgan fingerprint density at radius 1 is 1.03 bits per heavy atom. The summed E-state index contributed by atoms with van der Waals surface area (Å²) < 4.78 is 44.6. The van der Waals surface area contributed by atoms with Crippen LogP contribution in [0.1, 0.15) is 50.2 Å². The third-order valence-electron chi connectivity index (χ3n) is 6.01. The molecule has 35 heavy (non-hydrogen) atoms. The molecule has 0 fully saturated rings. The van der Waals surface area contributed by atoms with Gasteiger partial charge in [-0.05, 0) is 35.6 Å². The summed E-state index contributed by atoms with van der Waals surface area (Å²) in [6, 6.07) is 13.1. The number of carbonyl (C=O) groups excluding carboxylic acids is 2. The van der Waals surface area contributed by atoms with E-state index in [4.69, 9.17) is 4.74 Å². The quantitative estimate of drug-likeness (QED) is 0.474. The third-order valence-corrected chi connectivity index (χ3v) is 6.01. The predicted octanol–water partition coefficient (Wildman–Crippen LogP) is 4.61. The van der Waals surface area contributed by atoms with Crippen molar-refractivity contribution in [3.8, 4) is 11.1 Å². The third kappa shape index (κ3) is 6.12. The lowest BCUT2D eigenvalue weighted by molar-refractivity contribution is -0.153. The Morgan fingerprint density at radius 3 is 2.06 bits per heavy atom. The van der Waals surface area contributed by atoms with Crippen LogP contribution in [0.3, 0.4) is 0 Å². The van der Waals surface area contributed by atoms with Gasteiger partial charge in [0.25, 0.3) is 0 Å². The van der Waals surface area contributed by atoms with E-state index in [1.54, 1.807) is 6.92 Å². The Balaban J connectivity index is 1.72. The number of fused-ring (bicyclic) bond motifs is 3. The molecule has 0 spiro atoms. The SMILES string of the molecule is CCCC(C)(NC(=O)C(CC(F)(F)F)NC(=O)OCC1c2ccccc2-c2ccccc21)C(=O)O. The van der Waals surface area contributed by atoms with Gasteiger partial charge in [-0.15, -0.1) is 0 Å². The molecule has 3 rings (SSSR count). The van der Waals surface area contributed by atoms with Crippen molar-refractivity contribution < 1.29 is 37.4 Å². The van der Waals surface area contributed by atoms with Gasteiger partial charge in [0.2, 0.25) is 5.91 Å². The Morgan fingerprint density at radius 2 is 1.57 bits per heavy atom. The fraction of sp³-hybridized carbons (Fsp3) is 0.400. The molecule has 2 aromatic carbocycles. The number of alkyl carbamates (subject to hydrolysis) is 1. The zero-order chi connectivity index (χ0) is 25.8. The summed E-state index contributed by atoms with van der Waals surface area (Å²) in [7, 11) is 0. The highest BCUT2D eigenvalue weighted by Crippen LogP contribution is 2.44. The van der Waals surface area contributed by atoms with E-state index in [9.17, 15) is 32.7 Å². The lowest BCUT2D eigenvalue weighted by Gasteiger charge is -2.29. The summed E-state index contributed by atoms with van der Waals surface area (Å²) in [6.45, 7) is 2.73. The van der Waals surface area contributed by atoms with Crippen molar-refractivity contribution in [2.75, 3.05) is 6.61 Å². The van der Waals surface area contributed by atoms with Crippen molar-refractivity contribution >= 4 is 18.0 Å². The van der Waals surface area contributed by atoms with Crippen LogP contribution in [0.4, 0.5) is 18.0 Å². The zero-order valence-electron chi connectivity index (χ0n) is 19.3. The number of carbonyl (C=O) groups is 3. The smallest absolute Gasteiger partial charge is 0.407 e. The van der Waals surface area contributed by atoms with Gasteiger partial charge in [0.1, 0.15) is 18.2 Å². The summed E-state index contributed by atoms with van der Waals surface area (Å²) in [5.41, 5.74) is 2.02. The summed E-state index contributed by atoms with van der Waals surface area (Å²) in [5.74, 6) is -2.96. The van der Waals surface area contributed by atoms with Gasteiger partial charge in [0.05, 0.1) is 6.42 Å². The molecule has 3 N–H and O–H groups in total. The lowest BCUT2D eigenvalue weighted by atomic mass is 9.95. The van der Waals surface area contributed by atoms with Crippen LogP contribution in [0, 0.1) is 0 Å². The van der Waals surface area contributed by atoms with Gasteiger partial charge in [0.15, 0.2) is 0 Å². The van der Waals surface area contributed by atoms with Gasteiger partial charge >= 0.3 is 18.2 Å². The van der Waals surface area contributed by atoms with E-state index >= 15 is 0 Å². The molecule has 0 aliphatic heterocycles. The highest BCUT2D eigenvalue weighted by atomic mass is 19.4. The van der Waals surface area contributed by atoms with E-state index in [1.165, 1.54) is 6.92 Å². The molecular formula is C25H27F3N2O5. The van der Waals surface area contributed by atoms with Crippen LogP contribution in [0.5, 0.6) is 0 Å². The van der Waals surface area contributed by atoms with Crippen LogP contribution < -0.4 is 10.6 Å². The number of carboxylic acid groups (broad SMARTS) is 1. The Bertz CT molecular complexity index is 1060. The molecular weight excluding hydrogens is 465 g/mol. The molecule has 0 saturated carbocycles. The van der Waals surface area contributed by atoms with E-state index in [0.29, 0.717) is 6.42 Å². The summed E-state index contributed by atoms with van der Waals surface area (Å²) >= 11 is 0. The van der Waals surface area contributed by atoms with E-state index < -0.39 is 42.1 Å². The van der Waals surface area contributed by atoms with E-state index in [2.05, 4.69) is 5.32 Å². The average Bonchev–Trinajstić information content (AvgIpc) is 3.10. The number of ether oxygens (including phenoxy) is 1. The molecule has 2 unspecified atom stereocenters. The van der Waals surface area contributed by atoms with Crippen LogP contribution in [0.2, 0.25) is 0 Å². The average molecular weight is 492 g/mol. The maximum absolute atomic E-state index is 13.1. The fourth-order valence-electron chi connectivity index (χ4n) is 4.30. The summed E-state index contributed by atoms with van der Waals surface area (Å²) in [6.07, 6.45) is -7.30. The minimum atomic E-state index is -4.79. The monoisotopic (exact) mass is 492 g/mol. The zero-order valence-corrected chi connectivity index (χ0v) is 19.3. The first-order chi connectivity index (χ1) is 16.4. The largest absolute Gasteiger partial charge is 0.480 e. The van der Waals surface area contributed by atoms with E-state index in [0.717, 1.165) is 22.3 Å². The maximum Gasteiger partial charge on any atom is 0.407 e. The Labute approximate surface area is 200 Å². The van der Waals surface area contributed by atoms with Crippen LogP contribution in [-0.2, 0) is 14.3 Å². The minimum Gasteiger partial charge on any atom is -0.480 e. The Kier molecular flexibility index (Phi) is 7.72. The first-order valence-corrected chi connectivity index (χ1v) is 11.2. The van der Waals surface area contributed by atoms with Crippen molar-refractivity contribution in [2.45, 2.75) is 56.8 Å². The molecule has 188 valence electrons. The number of rotatable bonds is 9. The summed E-state index contributed by atoms with van der Waals surface area (Å²) in [5, 5.41) is 13.5. The number of halogens is 3. The second-order valence-corrected chi connectivity index (χ2v) is 8.72. The number of hydrogen-bond acceptors (Lipinski definition) is 4. The maximum atomic E-state index is 13.1. The molecule has 7 nitrogen and oxygen atoms in total. The van der Waals surface area contributed by atoms with Crippen molar-refractivity contribution in [1.29, 1.82) is 0 Å². The molecule has 2 atom stereocenters. The molecule has 0 bridgehead atoms. The standard InChI is InChI=1S/C25H27F3N2O5/c1-3-12-24(2,22(32)33)30-21(31)20(13-25(26,27)28)29-23(34)35-14-19-17-10-6-4-8-15(17)16-9-5-7-11-18(16)19/h4-11,19-20H,3,12-14H2,1-2H3,(H,29,34)(H,30,31)(H,32,33). The molecule has 2 amide bonds. The number of alkyl halides is 3. The number of amides is 2.